The van der Waals surface area contributed by atoms with Crippen molar-refractivity contribution in [1.82, 2.24) is 20.6 Å². The zero-order valence-electron chi connectivity index (χ0n) is 16.5. The molecule has 0 bridgehead atoms. The van der Waals surface area contributed by atoms with Crippen molar-refractivity contribution in [3.05, 3.63) is 52.2 Å². The van der Waals surface area contributed by atoms with E-state index in [9.17, 15) is 18.0 Å². The second-order valence-electron chi connectivity index (χ2n) is 6.26. The number of nitrogens with one attached hydrogen (secondary N) is 2. The molecule has 1 amide bonds. The van der Waals surface area contributed by atoms with Crippen molar-refractivity contribution in [2.75, 3.05) is 19.5 Å². The molecular weight excluding hydrogens is 451 g/mol. The number of halogens is 3. The van der Waals surface area contributed by atoms with Crippen LogP contribution < -0.4 is 19.5 Å². The number of ether oxygens (including phenoxy) is 3. The van der Waals surface area contributed by atoms with Gasteiger partial charge in [0.2, 0.25) is 0 Å². The van der Waals surface area contributed by atoms with Gasteiger partial charge >= 0.3 is 0 Å². The van der Waals surface area contributed by atoms with Crippen LogP contribution in [0.1, 0.15) is 15.2 Å². The van der Waals surface area contributed by atoms with Crippen LogP contribution in [0.2, 0.25) is 0 Å². The summed E-state index contributed by atoms with van der Waals surface area (Å²) in [6.45, 7) is -0.669. The van der Waals surface area contributed by atoms with Crippen molar-refractivity contribution >= 4 is 33.3 Å². The third kappa shape index (κ3) is 3.89. The van der Waals surface area contributed by atoms with Gasteiger partial charge in [0.25, 0.3) is 11.9 Å². The maximum atomic E-state index is 14.1. The van der Waals surface area contributed by atoms with Gasteiger partial charge in [0.15, 0.2) is 28.9 Å². The molecule has 2 aromatic carbocycles. The lowest BCUT2D eigenvalue weighted by atomic mass is 10.2. The predicted octanol–water partition coefficient (Wildman–Crippen LogP) is 3.68. The van der Waals surface area contributed by atoms with Crippen molar-refractivity contribution in [3.8, 4) is 17.2 Å². The fourth-order valence-electron chi connectivity index (χ4n) is 2.91. The minimum Gasteiger partial charge on any atom is -0.493 e. The number of methoxy groups -OCH3 is 2. The van der Waals surface area contributed by atoms with Crippen LogP contribution in [0.15, 0.2) is 24.3 Å². The Balaban J connectivity index is 1.78. The molecule has 0 atom stereocenters. The van der Waals surface area contributed by atoms with Crippen molar-refractivity contribution in [2.45, 2.75) is 6.61 Å². The van der Waals surface area contributed by atoms with E-state index in [1.54, 1.807) is 12.1 Å². The number of benzene rings is 2. The Morgan fingerprint density at radius 1 is 1.12 bits per heavy atom. The maximum absolute atomic E-state index is 14.1. The number of tetrazole rings is 1. The number of aromatic nitrogens is 4. The Morgan fingerprint density at radius 2 is 1.84 bits per heavy atom. The molecule has 2 heterocycles. The summed E-state index contributed by atoms with van der Waals surface area (Å²) in [5.41, 5.74) is -0.616. The average molecular weight is 465 g/mol. The highest BCUT2D eigenvalue weighted by Crippen LogP contribution is 2.44. The summed E-state index contributed by atoms with van der Waals surface area (Å²) in [6, 6.07) is 4.65. The standard InChI is InChI=1S/C19H14F3N5O4S/c1-29-12-5-8-14(6-13(12)30-2)32-17(18(28)23-19-24-26-27-25-19)16(8)31-7-9-10(20)3-4-11(21)15(9)22/h3-6H,7H2,1-2H3,(H2,23,24,25,26,27,28). The molecule has 0 saturated carbocycles. The zero-order chi connectivity index (χ0) is 22.8. The number of hydrogen-bond acceptors (Lipinski definition) is 8. The van der Waals surface area contributed by atoms with Crippen molar-refractivity contribution in [2.24, 2.45) is 0 Å². The van der Waals surface area contributed by atoms with Crippen molar-refractivity contribution in [3.63, 3.8) is 0 Å². The van der Waals surface area contributed by atoms with Crippen LogP contribution in [-0.2, 0) is 6.61 Å². The maximum Gasteiger partial charge on any atom is 0.272 e. The summed E-state index contributed by atoms with van der Waals surface area (Å²) < 4.78 is 58.5. The first kappa shape index (κ1) is 21.4. The lowest BCUT2D eigenvalue weighted by molar-refractivity contribution is 0.102. The second kappa shape index (κ2) is 8.70. The number of fused-ring (bicyclic) bond motifs is 1. The molecule has 166 valence electrons. The van der Waals surface area contributed by atoms with Gasteiger partial charge in [0, 0.05) is 16.2 Å². The third-order valence-corrected chi connectivity index (χ3v) is 5.56. The van der Waals surface area contributed by atoms with Gasteiger partial charge in [-0.2, -0.15) is 5.21 Å². The Bertz CT molecular complexity index is 1300. The Morgan fingerprint density at radius 3 is 2.53 bits per heavy atom. The van der Waals surface area contributed by atoms with Crippen LogP contribution in [0, 0.1) is 17.5 Å². The van der Waals surface area contributed by atoms with Crippen LogP contribution in [-0.4, -0.2) is 40.8 Å². The van der Waals surface area contributed by atoms with E-state index >= 15 is 0 Å². The number of aromatic amines is 1. The molecule has 0 fully saturated rings. The fourth-order valence-corrected chi connectivity index (χ4v) is 3.97. The molecular formula is C19H14F3N5O4S. The first-order valence-electron chi connectivity index (χ1n) is 8.91. The van der Waals surface area contributed by atoms with E-state index in [2.05, 4.69) is 25.9 Å². The lowest BCUT2D eigenvalue weighted by Crippen LogP contribution is -2.13. The van der Waals surface area contributed by atoms with Crippen LogP contribution in [0.25, 0.3) is 10.1 Å². The molecule has 0 spiro atoms. The second-order valence-corrected chi connectivity index (χ2v) is 7.32. The largest absolute Gasteiger partial charge is 0.493 e. The summed E-state index contributed by atoms with van der Waals surface area (Å²) in [6.07, 6.45) is 0. The van der Waals surface area contributed by atoms with Gasteiger partial charge in [-0.05, 0) is 23.4 Å². The Hall–Kier alpha value is -3.87. The molecule has 4 rings (SSSR count). The van der Waals surface area contributed by atoms with E-state index < -0.39 is 35.5 Å². The summed E-state index contributed by atoms with van der Waals surface area (Å²) in [4.78, 5) is 12.9. The topological polar surface area (TPSA) is 111 Å². The number of carbonyl (C=O) groups is 1. The quantitative estimate of drug-likeness (QED) is 0.401. The molecule has 2 aromatic heterocycles. The van der Waals surface area contributed by atoms with Crippen LogP contribution in [0.5, 0.6) is 17.2 Å². The molecule has 0 saturated heterocycles. The number of nitrogens with zero attached hydrogens (tertiary/aromatic N) is 3. The molecule has 0 aliphatic carbocycles. The molecule has 4 aromatic rings. The SMILES string of the molecule is COc1cc2sc(C(=O)Nc3nn[nH]n3)c(OCc3c(F)ccc(F)c3F)c2cc1OC. The Labute approximate surface area is 182 Å². The van der Waals surface area contributed by atoms with Crippen LogP contribution in [0.3, 0.4) is 0 Å². The Kier molecular flexibility index (Phi) is 5.81. The van der Waals surface area contributed by atoms with E-state index in [-0.39, 0.29) is 16.6 Å². The molecule has 0 aliphatic rings. The van der Waals surface area contributed by atoms with Gasteiger partial charge in [-0.1, -0.05) is 5.10 Å². The molecule has 13 heteroatoms. The van der Waals surface area contributed by atoms with Gasteiger partial charge in [-0.3, -0.25) is 10.1 Å². The molecule has 0 radical (unpaired) electrons. The minimum atomic E-state index is -1.37. The number of hydrogen-bond donors (Lipinski definition) is 2. The van der Waals surface area contributed by atoms with Crippen LogP contribution in [0.4, 0.5) is 19.1 Å². The predicted molar refractivity (Wildman–Crippen MR) is 108 cm³/mol. The normalized spacial score (nSPS) is 10.9. The summed E-state index contributed by atoms with van der Waals surface area (Å²) >= 11 is 1.03. The molecule has 32 heavy (non-hydrogen) atoms. The molecule has 0 aliphatic heterocycles. The van der Waals surface area contributed by atoms with E-state index in [0.29, 0.717) is 27.7 Å². The highest BCUT2D eigenvalue weighted by molar-refractivity contribution is 7.21. The van der Waals surface area contributed by atoms with Gasteiger partial charge in [0.1, 0.15) is 17.3 Å². The van der Waals surface area contributed by atoms with E-state index in [1.165, 1.54) is 14.2 Å². The first-order chi connectivity index (χ1) is 15.4. The number of rotatable bonds is 7. The molecule has 9 nitrogen and oxygen atoms in total. The number of thiophene rings is 1. The number of amides is 1. The molecule has 0 unspecified atom stereocenters. The zero-order valence-corrected chi connectivity index (χ0v) is 17.3. The highest BCUT2D eigenvalue weighted by atomic mass is 32.1. The van der Waals surface area contributed by atoms with Crippen LogP contribution >= 0.6 is 11.3 Å². The summed E-state index contributed by atoms with van der Waals surface area (Å²) in [5, 5.41) is 15.7. The first-order valence-corrected chi connectivity index (χ1v) is 9.73. The third-order valence-electron chi connectivity index (χ3n) is 4.43. The van der Waals surface area contributed by atoms with Crippen molar-refractivity contribution in [1.29, 1.82) is 0 Å². The summed E-state index contributed by atoms with van der Waals surface area (Å²) in [5.74, 6) is -3.56. The van der Waals surface area contributed by atoms with E-state index in [0.717, 1.165) is 17.4 Å². The van der Waals surface area contributed by atoms with E-state index in [1.807, 2.05) is 0 Å². The van der Waals surface area contributed by atoms with Gasteiger partial charge in [-0.15, -0.1) is 16.4 Å². The van der Waals surface area contributed by atoms with Gasteiger partial charge in [0.05, 0.1) is 19.8 Å². The van der Waals surface area contributed by atoms with E-state index in [4.69, 9.17) is 14.2 Å². The van der Waals surface area contributed by atoms with Gasteiger partial charge < -0.3 is 14.2 Å². The number of H-pyrrole nitrogens is 1. The average Bonchev–Trinajstić information content (AvgIpc) is 3.42. The van der Waals surface area contributed by atoms with Gasteiger partial charge in [-0.25, -0.2) is 13.2 Å². The lowest BCUT2D eigenvalue weighted by Gasteiger charge is -2.11. The van der Waals surface area contributed by atoms with Crippen molar-refractivity contribution < 1.29 is 32.2 Å². The summed E-state index contributed by atoms with van der Waals surface area (Å²) in [7, 11) is 2.88. The molecule has 2 N–H and O–H groups in total. The smallest absolute Gasteiger partial charge is 0.272 e. The monoisotopic (exact) mass is 465 g/mol. The highest BCUT2D eigenvalue weighted by Gasteiger charge is 2.24. The minimum absolute atomic E-state index is 0.00927. The number of anilines is 1. The number of carbonyl (C=O) groups excluding carboxylic acids is 1. The fraction of sp³-hybridized carbons (Fsp3) is 0.158.